The highest BCUT2D eigenvalue weighted by molar-refractivity contribution is 5.63. The standard InChI is InChI=1S/C14H15NO/c1-10-4-2-3-5-12(10)14-8-11-9-15-7-6-13(11)16-14/h2-5,8,15H,6-7,9H2,1H3. The smallest absolute Gasteiger partial charge is 0.134 e. The first-order valence-electron chi connectivity index (χ1n) is 5.73. The van der Waals surface area contributed by atoms with Crippen molar-refractivity contribution < 1.29 is 4.42 Å². The van der Waals surface area contributed by atoms with Crippen LogP contribution in [0.4, 0.5) is 0 Å². The maximum Gasteiger partial charge on any atom is 0.134 e. The predicted molar refractivity (Wildman–Crippen MR) is 64.3 cm³/mol. The van der Waals surface area contributed by atoms with E-state index in [2.05, 4.69) is 42.6 Å². The molecule has 0 atom stereocenters. The third kappa shape index (κ3) is 1.55. The Bertz CT molecular complexity index is 490. The largest absolute Gasteiger partial charge is 0.461 e. The molecule has 1 aromatic heterocycles. The van der Waals surface area contributed by atoms with Gasteiger partial charge in [-0.05, 0) is 18.6 Å². The minimum atomic E-state index is 0.935. The van der Waals surface area contributed by atoms with Crippen molar-refractivity contribution in [3.05, 3.63) is 47.2 Å². The maximum absolute atomic E-state index is 5.93. The average Bonchev–Trinajstić information content (AvgIpc) is 2.73. The van der Waals surface area contributed by atoms with Crippen molar-refractivity contribution in [1.82, 2.24) is 5.32 Å². The second kappa shape index (κ2) is 3.80. The summed E-state index contributed by atoms with van der Waals surface area (Å²) < 4.78 is 5.93. The summed E-state index contributed by atoms with van der Waals surface area (Å²) in [5.41, 5.74) is 3.78. The van der Waals surface area contributed by atoms with Gasteiger partial charge in [0.05, 0.1) is 0 Å². The summed E-state index contributed by atoms with van der Waals surface area (Å²) in [6.45, 7) is 4.08. The van der Waals surface area contributed by atoms with Gasteiger partial charge in [0.25, 0.3) is 0 Å². The number of nitrogens with one attached hydrogen (secondary N) is 1. The molecule has 0 fully saturated rings. The van der Waals surface area contributed by atoms with E-state index in [1.165, 1.54) is 16.7 Å². The molecular formula is C14H15NO. The van der Waals surface area contributed by atoms with Crippen molar-refractivity contribution in [3.63, 3.8) is 0 Å². The molecule has 2 heteroatoms. The molecule has 0 saturated carbocycles. The van der Waals surface area contributed by atoms with E-state index in [4.69, 9.17) is 4.42 Å². The Morgan fingerprint density at radius 2 is 2.12 bits per heavy atom. The number of rotatable bonds is 1. The Kier molecular flexibility index (Phi) is 2.29. The lowest BCUT2D eigenvalue weighted by Gasteiger charge is -2.09. The fourth-order valence-corrected chi connectivity index (χ4v) is 2.23. The van der Waals surface area contributed by atoms with E-state index in [1.807, 2.05) is 0 Å². The predicted octanol–water partition coefficient (Wildman–Crippen LogP) is 2.90. The van der Waals surface area contributed by atoms with Gasteiger partial charge in [-0.1, -0.05) is 24.3 Å². The van der Waals surface area contributed by atoms with Crippen molar-refractivity contribution >= 4 is 0 Å². The third-order valence-electron chi connectivity index (χ3n) is 3.15. The molecule has 1 aromatic carbocycles. The SMILES string of the molecule is Cc1ccccc1-c1cc2c(o1)CCNC2. The van der Waals surface area contributed by atoms with Crippen LogP contribution in [0.25, 0.3) is 11.3 Å². The van der Waals surface area contributed by atoms with Gasteiger partial charge in [0.1, 0.15) is 11.5 Å². The molecule has 0 bridgehead atoms. The number of aryl methyl sites for hydroxylation is 1. The quantitative estimate of drug-likeness (QED) is 0.788. The van der Waals surface area contributed by atoms with Crippen LogP contribution in [0.15, 0.2) is 34.7 Å². The second-order valence-corrected chi connectivity index (χ2v) is 4.30. The number of benzene rings is 1. The minimum absolute atomic E-state index is 0.935. The molecule has 0 saturated heterocycles. The van der Waals surface area contributed by atoms with Gasteiger partial charge in [0.2, 0.25) is 0 Å². The molecule has 2 aromatic rings. The van der Waals surface area contributed by atoms with Gasteiger partial charge < -0.3 is 9.73 Å². The zero-order valence-corrected chi connectivity index (χ0v) is 9.42. The number of hydrogen-bond donors (Lipinski definition) is 1. The Labute approximate surface area is 95.3 Å². The minimum Gasteiger partial charge on any atom is -0.461 e. The van der Waals surface area contributed by atoms with Gasteiger partial charge in [0.15, 0.2) is 0 Å². The Hall–Kier alpha value is -1.54. The average molecular weight is 213 g/mol. The van der Waals surface area contributed by atoms with Gasteiger partial charge in [-0.2, -0.15) is 0 Å². The molecule has 0 aliphatic carbocycles. The molecule has 3 rings (SSSR count). The summed E-state index contributed by atoms with van der Waals surface area (Å²) in [6.07, 6.45) is 1.00. The van der Waals surface area contributed by atoms with Crippen LogP contribution < -0.4 is 5.32 Å². The molecule has 82 valence electrons. The molecule has 0 spiro atoms. The molecule has 1 aliphatic heterocycles. The van der Waals surface area contributed by atoms with Crippen molar-refractivity contribution in [2.75, 3.05) is 6.54 Å². The van der Waals surface area contributed by atoms with Crippen LogP contribution in [0.5, 0.6) is 0 Å². The van der Waals surface area contributed by atoms with Gasteiger partial charge in [-0.3, -0.25) is 0 Å². The summed E-state index contributed by atoms with van der Waals surface area (Å²) in [6, 6.07) is 10.5. The molecule has 1 N–H and O–H groups in total. The lowest BCUT2D eigenvalue weighted by Crippen LogP contribution is -2.22. The second-order valence-electron chi connectivity index (χ2n) is 4.30. The van der Waals surface area contributed by atoms with Crippen molar-refractivity contribution in [2.45, 2.75) is 19.9 Å². The number of hydrogen-bond acceptors (Lipinski definition) is 2. The van der Waals surface area contributed by atoms with Gasteiger partial charge >= 0.3 is 0 Å². The van der Waals surface area contributed by atoms with E-state index in [9.17, 15) is 0 Å². The first-order chi connectivity index (χ1) is 7.84. The number of furan rings is 1. The van der Waals surface area contributed by atoms with Crippen LogP contribution in [-0.4, -0.2) is 6.54 Å². The summed E-state index contributed by atoms with van der Waals surface area (Å²) in [4.78, 5) is 0. The molecule has 16 heavy (non-hydrogen) atoms. The molecular weight excluding hydrogens is 198 g/mol. The van der Waals surface area contributed by atoms with Crippen LogP contribution in [0.3, 0.4) is 0 Å². The fraction of sp³-hybridized carbons (Fsp3) is 0.286. The van der Waals surface area contributed by atoms with E-state index >= 15 is 0 Å². The number of fused-ring (bicyclic) bond motifs is 1. The zero-order valence-electron chi connectivity index (χ0n) is 9.42. The van der Waals surface area contributed by atoms with E-state index in [0.717, 1.165) is 31.0 Å². The summed E-state index contributed by atoms with van der Waals surface area (Å²) in [7, 11) is 0. The van der Waals surface area contributed by atoms with Gasteiger partial charge in [-0.25, -0.2) is 0 Å². The van der Waals surface area contributed by atoms with Crippen LogP contribution in [0.2, 0.25) is 0 Å². The first-order valence-corrected chi connectivity index (χ1v) is 5.73. The molecule has 0 radical (unpaired) electrons. The molecule has 2 heterocycles. The van der Waals surface area contributed by atoms with Crippen LogP contribution >= 0.6 is 0 Å². The molecule has 1 aliphatic rings. The summed E-state index contributed by atoms with van der Waals surface area (Å²) in [5, 5.41) is 3.36. The summed E-state index contributed by atoms with van der Waals surface area (Å²) >= 11 is 0. The molecule has 0 amide bonds. The van der Waals surface area contributed by atoms with Gasteiger partial charge in [-0.15, -0.1) is 0 Å². The third-order valence-corrected chi connectivity index (χ3v) is 3.15. The van der Waals surface area contributed by atoms with E-state index < -0.39 is 0 Å². The Balaban J connectivity index is 2.07. The lowest BCUT2D eigenvalue weighted by atomic mass is 10.1. The topological polar surface area (TPSA) is 25.2 Å². The van der Waals surface area contributed by atoms with E-state index in [-0.39, 0.29) is 0 Å². The van der Waals surface area contributed by atoms with E-state index in [1.54, 1.807) is 0 Å². The maximum atomic E-state index is 5.93. The highest BCUT2D eigenvalue weighted by Gasteiger charge is 2.16. The Morgan fingerprint density at radius 3 is 2.94 bits per heavy atom. The lowest BCUT2D eigenvalue weighted by molar-refractivity contribution is 0.483. The first kappa shape index (κ1) is 9.67. The fourth-order valence-electron chi connectivity index (χ4n) is 2.23. The van der Waals surface area contributed by atoms with Crippen molar-refractivity contribution in [3.8, 4) is 11.3 Å². The monoisotopic (exact) mass is 213 g/mol. The van der Waals surface area contributed by atoms with Crippen LogP contribution in [0.1, 0.15) is 16.9 Å². The van der Waals surface area contributed by atoms with Crippen LogP contribution in [0, 0.1) is 6.92 Å². The highest BCUT2D eigenvalue weighted by Crippen LogP contribution is 2.29. The van der Waals surface area contributed by atoms with Crippen molar-refractivity contribution in [1.29, 1.82) is 0 Å². The Morgan fingerprint density at radius 1 is 1.25 bits per heavy atom. The normalized spacial score (nSPS) is 14.8. The molecule has 0 unspecified atom stereocenters. The van der Waals surface area contributed by atoms with Gasteiger partial charge in [0, 0.05) is 30.6 Å². The molecule has 2 nitrogen and oxygen atoms in total. The van der Waals surface area contributed by atoms with Crippen molar-refractivity contribution in [2.24, 2.45) is 0 Å². The summed E-state index contributed by atoms with van der Waals surface area (Å²) in [5.74, 6) is 2.16. The van der Waals surface area contributed by atoms with E-state index in [0.29, 0.717) is 0 Å². The highest BCUT2D eigenvalue weighted by atomic mass is 16.3. The van der Waals surface area contributed by atoms with Crippen LogP contribution in [-0.2, 0) is 13.0 Å². The zero-order chi connectivity index (χ0) is 11.0.